The molecule has 2 rings (SSSR count). The van der Waals surface area contributed by atoms with Gasteiger partial charge in [-0.3, -0.25) is 9.59 Å². The third kappa shape index (κ3) is 3.50. The van der Waals surface area contributed by atoms with Crippen molar-refractivity contribution in [3.63, 3.8) is 0 Å². The number of nitrogens with zero attached hydrogens (tertiary/aromatic N) is 1. The van der Waals surface area contributed by atoms with Gasteiger partial charge in [-0.15, -0.1) is 0 Å². The van der Waals surface area contributed by atoms with Gasteiger partial charge in [-0.1, -0.05) is 30.3 Å². The van der Waals surface area contributed by atoms with E-state index in [0.29, 0.717) is 0 Å². The van der Waals surface area contributed by atoms with Crippen molar-refractivity contribution in [1.82, 2.24) is 10.4 Å². The predicted molar refractivity (Wildman–Crippen MR) is 71.3 cm³/mol. The fourth-order valence-corrected chi connectivity index (χ4v) is 1.91. The van der Waals surface area contributed by atoms with E-state index in [9.17, 15) is 14.4 Å². The number of carbonyl (C=O) groups excluding carboxylic acids is 3. The number of benzene rings is 1. The van der Waals surface area contributed by atoms with Crippen LogP contribution in [0.25, 0.3) is 0 Å². The summed E-state index contributed by atoms with van der Waals surface area (Å²) in [6.07, 6.45) is -1.57. The van der Waals surface area contributed by atoms with Gasteiger partial charge >= 0.3 is 12.1 Å². The lowest BCUT2D eigenvalue weighted by atomic mass is 10.0. The minimum absolute atomic E-state index is 0.0858. The summed E-state index contributed by atoms with van der Waals surface area (Å²) >= 11 is 0. The SMILES string of the molecule is CC(=O)O[C@H]1[C@H](C)C(=O)N1NC(=O)OCc1ccccc1. The molecule has 2 atom stereocenters. The van der Waals surface area contributed by atoms with Crippen molar-refractivity contribution < 1.29 is 23.9 Å². The zero-order chi connectivity index (χ0) is 15.4. The highest BCUT2D eigenvalue weighted by Crippen LogP contribution is 2.25. The molecule has 1 heterocycles. The van der Waals surface area contributed by atoms with Crippen molar-refractivity contribution in [2.75, 3.05) is 0 Å². The van der Waals surface area contributed by atoms with Crippen LogP contribution in [-0.2, 0) is 25.7 Å². The molecule has 0 radical (unpaired) electrons. The smallest absolute Gasteiger partial charge is 0.426 e. The van der Waals surface area contributed by atoms with Crippen molar-refractivity contribution in [3.05, 3.63) is 35.9 Å². The number of hydrogen-bond donors (Lipinski definition) is 1. The maximum absolute atomic E-state index is 11.6. The molecule has 112 valence electrons. The highest BCUT2D eigenvalue weighted by Gasteiger charge is 2.48. The third-order valence-corrected chi connectivity index (χ3v) is 3.02. The summed E-state index contributed by atoms with van der Waals surface area (Å²) in [7, 11) is 0. The van der Waals surface area contributed by atoms with Crippen molar-refractivity contribution >= 4 is 18.0 Å². The average molecular weight is 292 g/mol. The molecule has 0 unspecified atom stereocenters. The van der Waals surface area contributed by atoms with E-state index in [1.165, 1.54) is 6.92 Å². The molecule has 21 heavy (non-hydrogen) atoms. The monoisotopic (exact) mass is 292 g/mol. The molecule has 1 aromatic carbocycles. The van der Waals surface area contributed by atoms with Gasteiger partial charge < -0.3 is 9.47 Å². The summed E-state index contributed by atoms with van der Waals surface area (Å²) in [6.45, 7) is 2.94. The van der Waals surface area contributed by atoms with Gasteiger partial charge in [0.15, 0.2) is 0 Å². The average Bonchev–Trinajstić information content (AvgIpc) is 2.49. The minimum atomic E-state index is -0.792. The maximum Gasteiger partial charge on any atom is 0.426 e. The number of nitrogens with one attached hydrogen (secondary N) is 1. The molecule has 1 saturated heterocycles. The maximum atomic E-state index is 11.6. The first-order chi connectivity index (χ1) is 9.99. The Morgan fingerprint density at radius 3 is 2.57 bits per heavy atom. The molecule has 1 aliphatic rings. The van der Waals surface area contributed by atoms with E-state index >= 15 is 0 Å². The number of hydrogen-bond acceptors (Lipinski definition) is 5. The zero-order valence-corrected chi connectivity index (χ0v) is 11.7. The molecule has 0 spiro atoms. The van der Waals surface area contributed by atoms with Crippen LogP contribution in [-0.4, -0.2) is 29.2 Å². The second-order valence-electron chi connectivity index (χ2n) is 4.67. The van der Waals surface area contributed by atoms with Gasteiger partial charge in [-0.25, -0.2) is 15.2 Å². The number of ether oxygens (including phenoxy) is 2. The highest BCUT2D eigenvalue weighted by molar-refractivity contribution is 5.87. The second-order valence-corrected chi connectivity index (χ2v) is 4.67. The topological polar surface area (TPSA) is 84.9 Å². The number of rotatable bonds is 4. The van der Waals surface area contributed by atoms with Crippen LogP contribution in [0.3, 0.4) is 0 Å². The fourth-order valence-electron chi connectivity index (χ4n) is 1.91. The van der Waals surface area contributed by atoms with E-state index in [-0.39, 0.29) is 12.5 Å². The van der Waals surface area contributed by atoms with E-state index in [1.54, 1.807) is 6.92 Å². The largest absolute Gasteiger partial charge is 0.443 e. The molecule has 7 nitrogen and oxygen atoms in total. The first-order valence-electron chi connectivity index (χ1n) is 6.46. The lowest BCUT2D eigenvalue weighted by Crippen LogP contribution is -2.67. The minimum Gasteiger partial charge on any atom is -0.443 e. The Bertz CT molecular complexity index is 546. The number of hydrazine groups is 1. The zero-order valence-electron chi connectivity index (χ0n) is 11.7. The summed E-state index contributed by atoms with van der Waals surface area (Å²) < 4.78 is 9.93. The van der Waals surface area contributed by atoms with Crippen LogP contribution < -0.4 is 5.43 Å². The van der Waals surface area contributed by atoms with Gasteiger partial charge in [0.25, 0.3) is 5.91 Å². The van der Waals surface area contributed by atoms with Crippen molar-refractivity contribution in [2.24, 2.45) is 5.92 Å². The Hall–Kier alpha value is -2.57. The lowest BCUT2D eigenvalue weighted by molar-refractivity contribution is -0.202. The summed E-state index contributed by atoms with van der Waals surface area (Å²) in [5.41, 5.74) is 3.09. The van der Waals surface area contributed by atoms with Crippen molar-refractivity contribution in [3.8, 4) is 0 Å². The lowest BCUT2D eigenvalue weighted by Gasteiger charge is -2.43. The molecule has 7 heteroatoms. The summed E-state index contributed by atoms with van der Waals surface area (Å²) in [5.74, 6) is -1.34. The molecule has 0 bridgehead atoms. The third-order valence-electron chi connectivity index (χ3n) is 3.02. The molecular weight excluding hydrogens is 276 g/mol. The van der Waals surface area contributed by atoms with Crippen LogP contribution >= 0.6 is 0 Å². The highest BCUT2D eigenvalue weighted by atomic mass is 16.6. The molecule has 0 aliphatic carbocycles. The summed E-state index contributed by atoms with van der Waals surface area (Å²) in [5, 5.41) is 0.958. The van der Waals surface area contributed by atoms with E-state index in [0.717, 1.165) is 10.6 Å². The predicted octanol–water partition coefficient (Wildman–Crippen LogP) is 1.20. The van der Waals surface area contributed by atoms with Crippen LogP contribution in [0.2, 0.25) is 0 Å². The van der Waals surface area contributed by atoms with Crippen LogP contribution in [0.1, 0.15) is 19.4 Å². The van der Waals surface area contributed by atoms with Gasteiger partial charge in [0, 0.05) is 6.92 Å². The Kier molecular flexibility index (Phi) is 4.42. The molecule has 0 saturated carbocycles. The van der Waals surface area contributed by atoms with Crippen molar-refractivity contribution in [1.29, 1.82) is 0 Å². The van der Waals surface area contributed by atoms with Crippen LogP contribution in [0, 0.1) is 5.92 Å². The normalized spacial score (nSPS) is 20.5. The van der Waals surface area contributed by atoms with Crippen LogP contribution in [0.4, 0.5) is 4.79 Å². The van der Waals surface area contributed by atoms with E-state index in [1.807, 2.05) is 30.3 Å². The summed E-state index contributed by atoms with van der Waals surface area (Å²) in [4.78, 5) is 34.2. The second kappa shape index (κ2) is 6.25. The van der Waals surface area contributed by atoms with E-state index < -0.39 is 24.2 Å². The van der Waals surface area contributed by atoms with Gasteiger partial charge in [-0.2, -0.15) is 0 Å². The van der Waals surface area contributed by atoms with Crippen molar-refractivity contribution in [2.45, 2.75) is 26.7 Å². The van der Waals surface area contributed by atoms with Crippen LogP contribution in [0.15, 0.2) is 30.3 Å². The van der Waals surface area contributed by atoms with Crippen LogP contribution in [0.5, 0.6) is 0 Å². The van der Waals surface area contributed by atoms with Gasteiger partial charge in [-0.05, 0) is 12.5 Å². The Labute approximate surface area is 121 Å². The molecule has 0 aromatic heterocycles. The van der Waals surface area contributed by atoms with Gasteiger partial charge in [0.2, 0.25) is 6.23 Å². The summed E-state index contributed by atoms with van der Waals surface area (Å²) in [6, 6.07) is 9.13. The number of amides is 2. The first-order valence-corrected chi connectivity index (χ1v) is 6.46. The molecule has 1 N–H and O–H groups in total. The standard InChI is InChI=1S/C14H16N2O5/c1-9-12(18)16(13(9)21-10(2)17)15-14(19)20-8-11-6-4-3-5-7-11/h3-7,9,13H,8H2,1-2H3,(H,15,19)/t9-,13+/m1/s1. The van der Waals surface area contributed by atoms with Gasteiger partial charge in [0.05, 0.1) is 5.92 Å². The van der Waals surface area contributed by atoms with Gasteiger partial charge in [0.1, 0.15) is 6.61 Å². The number of esters is 1. The molecule has 1 fully saturated rings. The first kappa shape index (κ1) is 14.8. The van der Waals surface area contributed by atoms with E-state index in [2.05, 4.69) is 5.43 Å². The fraction of sp³-hybridized carbons (Fsp3) is 0.357. The van der Waals surface area contributed by atoms with E-state index in [4.69, 9.17) is 9.47 Å². The number of β-lactam (4-membered cyclic amide) rings is 1. The Morgan fingerprint density at radius 1 is 1.29 bits per heavy atom. The molecule has 2 amide bonds. The Morgan fingerprint density at radius 2 is 1.95 bits per heavy atom. The Balaban J connectivity index is 1.84. The molecule has 1 aromatic rings. The quantitative estimate of drug-likeness (QED) is 0.665. The molecular formula is C14H16N2O5. The molecule has 1 aliphatic heterocycles. The number of carbonyl (C=O) groups is 3.